The molecule has 148 valence electrons. The number of aromatic amines is 1. The fourth-order valence-electron chi connectivity index (χ4n) is 3.46. The number of H-pyrrole nitrogens is 1. The third-order valence-electron chi connectivity index (χ3n) is 4.94. The van der Waals surface area contributed by atoms with Crippen molar-refractivity contribution >= 4 is 16.9 Å². The summed E-state index contributed by atoms with van der Waals surface area (Å²) >= 11 is 0. The number of furan rings is 1. The van der Waals surface area contributed by atoms with Gasteiger partial charge in [-0.05, 0) is 48.4 Å². The summed E-state index contributed by atoms with van der Waals surface area (Å²) in [7, 11) is 0. The molecule has 2 aromatic carbocycles. The summed E-state index contributed by atoms with van der Waals surface area (Å²) in [6, 6.07) is 17.9. The normalized spacial score (nSPS) is 12.2. The summed E-state index contributed by atoms with van der Waals surface area (Å²) in [5, 5.41) is 2.96. The number of fused-ring (bicyclic) bond motifs is 1. The number of aryl methyl sites for hydroxylation is 1. The van der Waals surface area contributed by atoms with Crippen molar-refractivity contribution in [3.8, 4) is 0 Å². The van der Waals surface area contributed by atoms with Crippen molar-refractivity contribution in [2.24, 2.45) is 0 Å². The zero-order valence-corrected chi connectivity index (χ0v) is 15.9. The lowest BCUT2D eigenvalue weighted by molar-refractivity contribution is -0.121. The molecule has 29 heavy (non-hydrogen) atoms. The van der Waals surface area contributed by atoms with Gasteiger partial charge >= 0.3 is 0 Å². The number of carbonyl (C=O) groups is 1. The second-order valence-corrected chi connectivity index (χ2v) is 6.96. The Kier molecular flexibility index (Phi) is 5.70. The van der Waals surface area contributed by atoms with Gasteiger partial charge in [-0.15, -0.1) is 0 Å². The second kappa shape index (κ2) is 8.73. The molecule has 0 aliphatic rings. The smallest absolute Gasteiger partial charge is 0.220 e. The van der Waals surface area contributed by atoms with Crippen LogP contribution in [0.25, 0.3) is 11.0 Å². The minimum Gasteiger partial charge on any atom is -0.469 e. The summed E-state index contributed by atoms with van der Waals surface area (Å²) in [5.74, 6) is 1.27. The average molecular weight is 391 g/mol. The first kappa shape index (κ1) is 18.9. The monoisotopic (exact) mass is 391 g/mol. The van der Waals surface area contributed by atoms with Crippen LogP contribution in [0.15, 0.2) is 71.3 Å². The zero-order chi connectivity index (χ0) is 20.1. The van der Waals surface area contributed by atoms with E-state index in [4.69, 9.17) is 4.42 Å². The number of hydrogen-bond donors (Lipinski definition) is 2. The van der Waals surface area contributed by atoms with Crippen molar-refractivity contribution in [2.45, 2.75) is 25.2 Å². The molecule has 4 aromatic rings. The van der Waals surface area contributed by atoms with Gasteiger partial charge in [0.1, 0.15) is 17.4 Å². The van der Waals surface area contributed by atoms with Crippen LogP contribution < -0.4 is 5.32 Å². The van der Waals surface area contributed by atoms with Crippen molar-refractivity contribution in [1.82, 2.24) is 15.3 Å². The van der Waals surface area contributed by atoms with Gasteiger partial charge in [0.2, 0.25) is 5.91 Å². The van der Waals surface area contributed by atoms with Crippen LogP contribution in [0.4, 0.5) is 4.39 Å². The van der Waals surface area contributed by atoms with Gasteiger partial charge in [-0.25, -0.2) is 9.37 Å². The highest BCUT2D eigenvalue weighted by Crippen LogP contribution is 2.28. The number of carbonyl (C=O) groups excluding carboxylic acids is 1. The molecule has 0 aliphatic carbocycles. The van der Waals surface area contributed by atoms with Crippen molar-refractivity contribution in [3.63, 3.8) is 0 Å². The van der Waals surface area contributed by atoms with Gasteiger partial charge in [0.15, 0.2) is 0 Å². The minimum atomic E-state index is -0.272. The number of amides is 1. The number of nitrogens with one attached hydrogen (secondary N) is 2. The first-order chi connectivity index (χ1) is 14.2. The largest absolute Gasteiger partial charge is 0.469 e. The molecule has 0 saturated carbocycles. The highest BCUT2D eigenvalue weighted by molar-refractivity contribution is 5.77. The molecule has 0 spiro atoms. The number of imidazole rings is 1. The number of aromatic nitrogens is 2. The molecule has 2 N–H and O–H groups in total. The third kappa shape index (κ3) is 4.71. The fourth-order valence-corrected chi connectivity index (χ4v) is 3.46. The van der Waals surface area contributed by atoms with Gasteiger partial charge in [0, 0.05) is 25.3 Å². The van der Waals surface area contributed by atoms with Gasteiger partial charge in [-0.1, -0.05) is 24.3 Å². The summed E-state index contributed by atoms with van der Waals surface area (Å²) in [6.45, 7) is 0.502. The fraction of sp³-hybridized carbons (Fsp3) is 0.217. The van der Waals surface area contributed by atoms with E-state index in [9.17, 15) is 9.18 Å². The lowest BCUT2D eigenvalue weighted by atomic mass is 9.93. The Bertz CT molecular complexity index is 1040. The van der Waals surface area contributed by atoms with E-state index in [-0.39, 0.29) is 17.6 Å². The Morgan fingerprint density at radius 3 is 2.69 bits per heavy atom. The van der Waals surface area contributed by atoms with Gasteiger partial charge in [0.05, 0.1) is 17.3 Å². The molecular formula is C23H22FN3O2. The maximum Gasteiger partial charge on any atom is 0.220 e. The maximum atomic E-state index is 13.3. The first-order valence-electron chi connectivity index (χ1n) is 9.68. The average Bonchev–Trinajstić information content (AvgIpc) is 3.40. The highest BCUT2D eigenvalue weighted by Gasteiger charge is 2.17. The molecule has 0 radical (unpaired) electrons. The molecule has 2 heterocycles. The van der Waals surface area contributed by atoms with E-state index in [1.165, 1.54) is 12.1 Å². The Balaban J connectivity index is 1.31. The third-order valence-corrected chi connectivity index (χ3v) is 4.94. The molecular weight excluding hydrogens is 369 g/mol. The molecule has 0 fully saturated rings. The quantitative estimate of drug-likeness (QED) is 0.462. The van der Waals surface area contributed by atoms with E-state index < -0.39 is 0 Å². The van der Waals surface area contributed by atoms with E-state index in [0.717, 1.165) is 28.2 Å². The molecule has 0 saturated heterocycles. The number of rotatable bonds is 8. The SMILES string of the molecule is O=C(CCc1nc2ccccc2[nH]1)NCCC(c1ccc(F)cc1)c1ccco1. The van der Waals surface area contributed by atoms with E-state index in [1.807, 2.05) is 36.4 Å². The van der Waals surface area contributed by atoms with Crippen LogP contribution >= 0.6 is 0 Å². The van der Waals surface area contributed by atoms with Crippen LogP contribution in [0.3, 0.4) is 0 Å². The standard InChI is InChI=1S/C23H22FN3O2/c24-17-9-7-16(8-10-17)18(21-6-3-15-29-21)13-14-25-23(28)12-11-22-26-19-4-1-2-5-20(19)27-22/h1-10,15,18H,11-14H2,(H,25,28)(H,26,27). The van der Waals surface area contributed by atoms with Crippen LogP contribution in [-0.4, -0.2) is 22.4 Å². The summed E-state index contributed by atoms with van der Waals surface area (Å²) in [5.41, 5.74) is 2.84. The molecule has 1 atom stereocenters. The van der Waals surface area contributed by atoms with Gasteiger partial charge in [0.25, 0.3) is 0 Å². The lowest BCUT2D eigenvalue weighted by Gasteiger charge is -2.15. The highest BCUT2D eigenvalue weighted by atomic mass is 19.1. The molecule has 6 heteroatoms. The number of nitrogens with zero attached hydrogens (tertiary/aromatic N) is 1. The molecule has 1 amide bonds. The van der Waals surface area contributed by atoms with Gasteiger partial charge in [-0.2, -0.15) is 0 Å². The van der Waals surface area contributed by atoms with Crippen LogP contribution in [0.1, 0.15) is 35.9 Å². The number of benzene rings is 2. The summed E-state index contributed by atoms with van der Waals surface area (Å²) in [6.07, 6.45) is 3.20. The van der Waals surface area contributed by atoms with E-state index >= 15 is 0 Å². The summed E-state index contributed by atoms with van der Waals surface area (Å²) < 4.78 is 18.8. The topological polar surface area (TPSA) is 70.9 Å². The number of para-hydroxylation sites is 2. The molecule has 4 rings (SSSR count). The van der Waals surface area contributed by atoms with Crippen LogP contribution in [0.5, 0.6) is 0 Å². The van der Waals surface area contributed by atoms with Crippen molar-refractivity contribution in [2.75, 3.05) is 6.54 Å². The van der Waals surface area contributed by atoms with E-state index in [1.54, 1.807) is 18.4 Å². The molecule has 0 bridgehead atoms. The Morgan fingerprint density at radius 2 is 1.93 bits per heavy atom. The first-order valence-corrected chi connectivity index (χ1v) is 9.68. The predicted molar refractivity (Wildman–Crippen MR) is 109 cm³/mol. The van der Waals surface area contributed by atoms with Gasteiger partial charge < -0.3 is 14.7 Å². The van der Waals surface area contributed by atoms with E-state index in [0.29, 0.717) is 25.8 Å². The minimum absolute atomic E-state index is 0.0252. The molecule has 0 aliphatic heterocycles. The van der Waals surface area contributed by atoms with E-state index in [2.05, 4.69) is 15.3 Å². The Morgan fingerprint density at radius 1 is 1.10 bits per heavy atom. The zero-order valence-electron chi connectivity index (χ0n) is 15.9. The van der Waals surface area contributed by atoms with Crippen molar-refractivity contribution in [1.29, 1.82) is 0 Å². The van der Waals surface area contributed by atoms with Crippen LogP contribution in [-0.2, 0) is 11.2 Å². The molecule has 2 aromatic heterocycles. The number of halogens is 1. The second-order valence-electron chi connectivity index (χ2n) is 6.96. The lowest BCUT2D eigenvalue weighted by Crippen LogP contribution is -2.26. The summed E-state index contributed by atoms with van der Waals surface area (Å²) in [4.78, 5) is 20.0. The van der Waals surface area contributed by atoms with Crippen molar-refractivity contribution < 1.29 is 13.6 Å². The Hall–Kier alpha value is -3.41. The Labute approximate surface area is 168 Å². The van der Waals surface area contributed by atoms with Crippen LogP contribution in [0, 0.1) is 5.82 Å². The number of hydrogen-bond acceptors (Lipinski definition) is 3. The van der Waals surface area contributed by atoms with Crippen molar-refractivity contribution in [3.05, 3.63) is 89.9 Å². The predicted octanol–water partition coefficient (Wildman–Crippen LogP) is 4.57. The molecule has 1 unspecified atom stereocenters. The molecule has 5 nitrogen and oxygen atoms in total. The van der Waals surface area contributed by atoms with Crippen LogP contribution in [0.2, 0.25) is 0 Å². The van der Waals surface area contributed by atoms with Gasteiger partial charge in [-0.3, -0.25) is 4.79 Å². The maximum absolute atomic E-state index is 13.3.